The van der Waals surface area contributed by atoms with Gasteiger partial charge in [0.05, 0.1) is 17.8 Å². The number of alkyl halides is 6. The second kappa shape index (κ2) is 10.2. The second-order valence-corrected chi connectivity index (χ2v) is 8.04. The van der Waals surface area contributed by atoms with E-state index in [1.807, 2.05) is 0 Å². The molecule has 0 N–H and O–H groups in total. The van der Waals surface area contributed by atoms with Crippen LogP contribution in [-0.4, -0.2) is 9.55 Å². The Morgan fingerprint density at radius 2 is 1.59 bits per heavy atom. The maximum absolute atomic E-state index is 14.3. The molecule has 13 heteroatoms. The van der Waals surface area contributed by atoms with Gasteiger partial charge in [0.2, 0.25) is 5.88 Å². The first-order chi connectivity index (χ1) is 18.3. The van der Waals surface area contributed by atoms with E-state index in [0.717, 1.165) is 34.9 Å². The molecule has 200 valence electrons. The fraction of sp³-hybridized carbons (Fsp3) is 0.115. The van der Waals surface area contributed by atoms with E-state index in [-0.39, 0.29) is 22.6 Å². The van der Waals surface area contributed by atoms with E-state index in [9.17, 15) is 45.2 Å². The monoisotopic (exact) mass is 551 g/mol. The molecule has 0 radical (unpaired) electrons. The smallest absolute Gasteiger partial charge is 0.433 e. The van der Waals surface area contributed by atoms with Gasteiger partial charge in [-0.15, -0.1) is 0 Å². The van der Waals surface area contributed by atoms with Gasteiger partial charge < -0.3 is 9.30 Å². The summed E-state index contributed by atoms with van der Waals surface area (Å²) in [7, 11) is 0. The van der Waals surface area contributed by atoms with E-state index in [1.165, 1.54) is 30.3 Å². The molecule has 2 aromatic carbocycles. The Kier molecular flexibility index (Phi) is 7.14. The molecular formula is C26H13F8N3O2. The molecule has 0 spiro atoms. The molecule has 0 aliphatic rings. The average molecular weight is 551 g/mol. The number of halogens is 8. The molecule has 0 saturated carbocycles. The molecule has 4 rings (SSSR count). The Balaban J connectivity index is 1.79. The lowest BCUT2D eigenvalue weighted by atomic mass is 10.0. The second-order valence-electron chi connectivity index (χ2n) is 8.04. The van der Waals surface area contributed by atoms with Crippen molar-refractivity contribution in [1.29, 1.82) is 5.26 Å². The van der Waals surface area contributed by atoms with Crippen LogP contribution in [0, 0.1) is 23.0 Å². The summed E-state index contributed by atoms with van der Waals surface area (Å²) < 4.78 is 113. The van der Waals surface area contributed by atoms with E-state index in [1.54, 1.807) is 0 Å². The lowest BCUT2D eigenvalue weighted by Gasteiger charge is -2.18. The molecule has 2 heterocycles. The SMILES string of the molecule is N#Cc1c(C(F)(F)F)cc(-c2ccc(Oc3cccc(C(F)(F)F)n3)cc2)n(Cc2ccc(F)cc2F)c1=O. The maximum Gasteiger partial charge on any atom is 0.433 e. The van der Waals surface area contributed by atoms with Crippen LogP contribution in [0.2, 0.25) is 0 Å². The van der Waals surface area contributed by atoms with Crippen molar-refractivity contribution >= 4 is 0 Å². The topological polar surface area (TPSA) is 67.9 Å². The number of pyridine rings is 2. The standard InChI is InChI=1S/C26H13F8N3O2/c27-16-7-4-15(20(28)10-16)13-37-21(11-19(25(29,30)31)18(12-35)24(37)38)14-5-8-17(9-6-14)39-23-3-1-2-22(36-23)26(32,33)34/h1-11H,13H2. The van der Waals surface area contributed by atoms with Crippen LogP contribution in [0.1, 0.15) is 22.4 Å². The van der Waals surface area contributed by atoms with Crippen LogP contribution in [-0.2, 0) is 18.9 Å². The van der Waals surface area contributed by atoms with Crippen LogP contribution in [0.5, 0.6) is 11.6 Å². The molecule has 5 nitrogen and oxygen atoms in total. The number of nitriles is 1. The van der Waals surface area contributed by atoms with Crippen LogP contribution < -0.4 is 10.3 Å². The highest BCUT2D eigenvalue weighted by molar-refractivity contribution is 5.63. The number of rotatable bonds is 5. The van der Waals surface area contributed by atoms with Crippen LogP contribution in [0.4, 0.5) is 35.1 Å². The Hall–Kier alpha value is -4.73. The van der Waals surface area contributed by atoms with Crippen molar-refractivity contribution in [1.82, 2.24) is 9.55 Å². The molecule has 0 atom stereocenters. The summed E-state index contributed by atoms with van der Waals surface area (Å²) in [5.41, 5.74) is -5.91. The maximum atomic E-state index is 14.3. The first kappa shape index (κ1) is 27.3. The lowest BCUT2D eigenvalue weighted by molar-refractivity contribution is -0.141. The molecule has 4 aromatic rings. The van der Waals surface area contributed by atoms with Gasteiger partial charge in [0, 0.05) is 17.7 Å². The van der Waals surface area contributed by atoms with Crippen LogP contribution in [0.3, 0.4) is 0 Å². The summed E-state index contributed by atoms with van der Waals surface area (Å²) in [5, 5.41) is 9.27. The molecule has 0 aliphatic carbocycles. The summed E-state index contributed by atoms with van der Waals surface area (Å²) in [6.45, 7) is -0.639. The highest BCUT2D eigenvalue weighted by Crippen LogP contribution is 2.35. The van der Waals surface area contributed by atoms with Crippen molar-refractivity contribution in [3.05, 3.63) is 111 Å². The van der Waals surface area contributed by atoms with Crippen LogP contribution in [0.15, 0.2) is 71.5 Å². The first-order valence-corrected chi connectivity index (χ1v) is 10.8. The van der Waals surface area contributed by atoms with E-state index in [0.29, 0.717) is 12.1 Å². The number of nitrogens with zero attached hydrogens (tertiary/aromatic N) is 3. The zero-order valence-electron chi connectivity index (χ0n) is 19.2. The van der Waals surface area contributed by atoms with Crippen LogP contribution >= 0.6 is 0 Å². The number of ether oxygens (including phenoxy) is 1. The number of hydrogen-bond donors (Lipinski definition) is 0. The number of benzene rings is 2. The third kappa shape index (κ3) is 5.90. The van der Waals surface area contributed by atoms with Crippen molar-refractivity contribution in [2.24, 2.45) is 0 Å². The van der Waals surface area contributed by atoms with Crippen molar-refractivity contribution < 1.29 is 39.9 Å². The molecule has 0 aliphatic heterocycles. The van der Waals surface area contributed by atoms with Crippen LogP contribution in [0.25, 0.3) is 11.3 Å². The van der Waals surface area contributed by atoms with E-state index >= 15 is 0 Å². The van der Waals surface area contributed by atoms with E-state index < -0.39 is 58.8 Å². The average Bonchev–Trinajstić information content (AvgIpc) is 2.86. The zero-order chi connectivity index (χ0) is 28.5. The molecule has 2 aromatic heterocycles. The van der Waals surface area contributed by atoms with Gasteiger partial charge in [-0.05, 0) is 48.0 Å². The Labute approximate surface area is 214 Å². The lowest BCUT2D eigenvalue weighted by Crippen LogP contribution is -2.29. The quantitative estimate of drug-likeness (QED) is 0.252. The Morgan fingerprint density at radius 1 is 0.897 bits per heavy atom. The Morgan fingerprint density at radius 3 is 2.18 bits per heavy atom. The summed E-state index contributed by atoms with van der Waals surface area (Å²) in [6, 6.07) is 12.0. The molecule has 39 heavy (non-hydrogen) atoms. The minimum atomic E-state index is -5.09. The van der Waals surface area contributed by atoms with Crippen molar-refractivity contribution in [3.63, 3.8) is 0 Å². The summed E-state index contributed by atoms with van der Waals surface area (Å²) in [6.07, 6.45) is -9.81. The highest BCUT2D eigenvalue weighted by atomic mass is 19.4. The molecular weight excluding hydrogens is 538 g/mol. The minimum absolute atomic E-state index is 0.00559. The number of hydrogen-bond acceptors (Lipinski definition) is 4. The van der Waals surface area contributed by atoms with Gasteiger partial charge in [0.1, 0.15) is 34.7 Å². The van der Waals surface area contributed by atoms with Crippen molar-refractivity contribution in [3.8, 4) is 29.0 Å². The number of aromatic nitrogens is 2. The van der Waals surface area contributed by atoms with E-state index in [4.69, 9.17) is 4.74 Å². The highest BCUT2D eigenvalue weighted by Gasteiger charge is 2.37. The van der Waals surface area contributed by atoms with Gasteiger partial charge in [-0.2, -0.15) is 31.6 Å². The van der Waals surface area contributed by atoms with Gasteiger partial charge in [0.25, 0.3) is 5.56 Å². The predicted molar refractivity (Wildman–Crippen MR) is 121 cm³/mol. The van der Waals surface area contributed by atoms with Gasteiger partial charge >= 0.3 is 12.4 Å². The predicted octanol–water partition coefficient (Wildman–Crippen LogP) is 6.94. The molecule has 0 bridgehead atoms. The summed E-state index contributed by atoms with van der Waals surface area (Å²) in [4.78, 5) is 16.3. The fourth-order valence-corrected chi connectivity index (χ4v) is 3.64. The van der Waals surface area contributed by atoms with Gasteiger partial charge in [0.15, 0.2) is 0 Å². The van der Waals surface area contributed by atoms with Crippen molar-refractivity contribution in [2.75, 3.05) is 0 Å². The van der Waals surface area contributed by atoms with Gasteiger partial charge in [-0.25, -0.2) is 13.8 Å². The molecule has 0 unspecified atom stereocenters. The minimum Gasteiger partial charge on any atom is -0.439 e. The van der Waals surface area contributed by atoms with E-state index in [2.05, 4.69) is 4.98 Å². The normalized spacial score (nSPS) is 11.8. The van der Waals surface area contributed by atoms with Crippen molar-refractivity contribution in [2.45, 2.75) is 18.9 Å². The Bertz CT molecular complexity index is 1640. The largest absolute Gasteiger partial charge is 0.439 e. The summed E-state index contributed by atoms with van der Waals surface area (Å²) >= 11 is 0. The molecule has 0 amide bonds. The molecule has 0 saturated heterocycles. The third-order valence-corrected chi connectivity index (χ3v) is 5.45. The fourth-order valence-electron chi connectivity index (χ4n) is 3.64. The first-order valence-electron chi connectivity index (χ1n) is 10.8. The van der Waals surface area contributed by atoms with Gasteiger partial charge in [-0.1, -0.05) is 12.1 Å². The third-order valence-electron chi connectivity index (χ3n) is 5.45. The zero-order valence-corrected chi connectivity index (χ0v) is 19.2. The summed E-state index contributed by atoms with van der Waals surface area (Å²) in [5.74, 6) is -2.42. The molecule has 0 fully saturated rings. The van der Waals surface area contributed by atoms with Gasteiger partial charge in [-0.3, -0.25) is 4.79 Å².